The van der Waals surface area contributed by atoms with Gasteiger partial charge in [-0.05, 0) is 74.2 Å². The Morgan fingerprint density at radius 3 is 2.44 bits per heavy atom. The maximum Gasteiger partial charge on any atom is 0.243 e. The van der Waals surface area contributed by atoms with Crippen molar-refractivity contribution in [2.75, 3.05) is 19.6 Å². The second-order valence-electron chi connectivity index (χ2n) is 8.60. The van der Waals surface area contributed by atoms with Gasteiger partial charge >= 0.3 is 0 Å². The highest BCUT2D eigenvalue weighted by molar-refractivity contribution is 7.89. The first kappa shape index (κ1) is 23.2. The Labute approximate surface area is 195 Å². The summed E-state index contributed by atoms with van der Waals surface area (Å²) < 4.78 is 27.5. The number of piperidine rings is 1. The molecule has 1 amide bonds. The summed E-state index contributed by atoms with van der Waals surface area (Å²) in [5.41, 5.74) is 2.27. The number of amides is 1. The number of nitrogens with one attached hydrogen (secondary N) is 1. The average molecular weight is 476 g/mol. The summed E-state index contributed by atoms with van der Waals surface area (Å²) in [5.74, 6) is -0.249. The van der Waals surface area contributed by atoms with E-state index in [1.54, 1.807) is 12.1 Å². The highest BCUT2D eigenvalue weighted by Gasteiger charge is 2.39. The second-order valence-corrected chi connectivity index (χ2v) is 10.9. The van der Waals surface area contributed by atoms with Gasteiger partial charge in [-0.1, -0.05) is 42.3 Å². The van der Waals surface area contributed by atoms with Crippen molar-refractivity contribution in [1.29, 1.82) is 0 Å². The number of halogens is 1. The molecule has 2 aliphatic heterocycles. The van der Waals surface area contributed by atoms with E-state index >= 15 is 0 Å². The van der Waals surface area contributed by atoms with Crippen LogP contribution in [0, 0.1) is 0 Å². The van der Waals surface area contributed by atoms with Crippen LogP contribution in [-0.4, -0.2) is 49.2 Å². The first-order valence-electron chi connectivity index (χ1n) is 11.3. The van der Waals surface area contributed by atoms with Gasteiger partial charge in [-0.15, -0.1) is 0 Å². The van der Waals surface area contributed by atoms with E-state index in [1.807, 2.05) is 12.1 Å². The largest absolute Gasteiger partial charge is 0.351 e. The number of benzene rings is 2. The molecule has 1 atom stereocenters. The van der Waals surface area contributed by atoms with Crippen LogP contribution in [0.3, 0.4) is 0 Å². The van der Waals surface area contributed by atoms with Gasteiger partial charge in [0.25, 0.3) is 0 Å². The fourth-order valence-corrected chi connectivity index (χ4v) is 6.33. The molecule has 2 aromatic rings. The Morgan fingerprint density at radius 2 is 1.69 bits per heavy atom. The van der Waals surface area contributed by atoms with E-state index in [0.717, 1.165) is 25.2 Å². The van der Waals surface area contributed by atoms with Crippen LogP contribution in [0.15, 0.2) is 53.4 Å². The Kier molecular flexibility index (Phi) is 7.51. The third-order valence-corrected chi connectivity index (χ3v) is 8.41. The summed E-state index contributed by atoms with van der Waals surface area (Å²) in [4.78, 5) is 15.5. The molecule has 172 valence electrons. The van der Waals surface area contributed by atoms with E-state index in [1.165, 1.54) is 41.3 Å². The van der Waals surface area contributed by atoms with Gasteiger partial charge in [0.15, 0.2) is 0 Å². The monoisotopic (exact) mass is 475 g/mol. The van der Waals surface area contributed by atoms with Gasteiger partial charge in [0.2, 0.25) is 15.9 Å². The molecule has 2 aromatic carbocycles. The molecule has 0 aromatic heterocycles. The van der Waals surface area contributed by atoms with Crippen LogP contribution in [0.25, 0.3) is 0 Å². The number of hydrogen-bond donors (Lipinski definition) is 1. The third kappa shape index (κ3) is 5.52. The number of nitrogens with zero attached hydrogens (tertiary/aromatic N) is 2. The summed E-state index contributed by atoms with van der Waals surface area (Å²) in [6, 6.07) is 13.7. The molecule has 6 nitrogen and oxygen atoms in total. The molecule has 2 fully saturated rings. The average Bonchev–Trinajstić information content (AvgIpc) is 3.30. The molecule has 0 aliphatic carbocycles. The predicted molar refractivity (Wildman–Crippen MR) is 126 cm³/mol. The minimum Gasteiger partial charge on any atom is -0.351 e. The van der Waals surface area contributed by atoms with Gasteiger partial charge in [-0.25, -0.2) is 8.42 Å². The van der Waals surface area contributed by atoms with Crippen molar-refractivity contribution in [2.45, 2.75) is 56.1 Å². The zero-order valence-electron chi connectivity index (χ0n) is 18.2. The second kappa shape index (κ2) is 10.3. The highest BCUT2D eigenvalue weighted by atomic mass is 35.5. The zero-order valence-corrected chi connectivity index (χ0v) is 19.7. The van der Waals surface area contributed by atoms with Crippen LogP contribution in [0.2, 0.25) is 5.02 Å². The van der Waals surface area contributed by atoms with Gasteiger partial charge in [0.05, 0.1) is 4.90 Å². The lowest BCUT2D eigenvalue weighted by Crippen LogP contribution is -2.45. The molecule has 8 heteroatoms. The molecule has 0 spiro atoms. The van der Waals surface area contributed by atoms with Gasteiger partial charge in [0, 0.05) is 24.7 Å². The minimum absolute atomic E-state index is 0.159. The number of carbonyl (C=O) groups is 1. The lowest BCUT2D eigenvalue weighted by molar-refractivity contribution is -0.124. The molecule has 0 bridgehead atoms. The lowest BCUT2D eigenvalue weighted by atomic mass is 10.1. The predicted octanol–water partition coefficient (Wildman–Crippen LogP) is 3.80. The molecule has 2 saturated heterocycles. The maximum absolute atomic E-state index is 13.1. The number of sulfonamides is 1. The summed E-state index contributed by atoms with van der Waals surface area (Å²) >= 11 is 5.89. The smallest absolute Gasteiger partial charge is 0.243 e. The Balaban J connectivity index is 1.38. The molecule has 2 heterocycles. The van der Waals surface area contributed by atoms with Crippen molar-refractivity contribution >= 4 is 27.5 Å². The maximum atomic E-state index is 13.1. The molecule has 0 saturated carbocycles. The highest BCUT2D eigenvalue weighted by Crippen LogP contribution is 2.27. The number of hydrogen-bond acceptors (Lipinski definition) is 4. The molecule has 0 unspecified atom stereocenters. The summed E-state index contributed by atoms with van der Waals surface area (Å²) in [6.45, 7) is 3.94. The van der Waals surface area contributed by atoms with Gasteiger partial charge in [-0.2, -0.15) is 4.31 Å². The van der Waals surface area contributed by atoms with E-state index in [9.17, 15) is 13.2 Å². The summed E-state index contributed by atoms with van der Waals surface area (Å²) in [6.07, 6.45) is 5.01. The third-order valence-electron chi connectivity index (χ3n) is 6.24. The number of rotatable bonds is 7. The van der Waals surface area contributed by atoms with E-state index in [-0.39, 0.29) is 10.8 Å². The lowest BCUT2D eigenvalue weighted by Gasteiger charge is -2.26. The summed E-state index contributed by atoms with van der Waals surface area (Å²) in [5, 5.41) is 3.43. The normalized spacial score (nSPS) is 20.3. The SMILES string of the molecule is O=C(NCc1cccc(CN2CCCCC2)c1)[C@H]1CCCN1S(=O)(=O)c1ccc(Cl)cc1. The molecular formula is C24H30ClN3O3S. The van der Waals surface area contributed by atoms with Crippen LogP contribution in [0.4, 0.5) is 0 Å². The zero-order chi connectivity index (χ0) is 22.6. The first-order chi connectivity index (χ1) is 15.4. The standard InChI is InChI=1S/C24H30ClN3O3S/c25-21-9-11-22(12-10-21)32(30,31)28-15-5-8-23(28)24(29)26-17-19-6-4-7-20(16-19)18-27-13-2-1-3-14-27/h4,6-7,9-12,16,23H,1-3,5,8,13-15,17-18H2,(H,26,29)/t23-/m1/s1. The number of likely N-dealkylation sites (tertiary alicyclic amines) is 1. The van der Waals surface area contributed by atoms with Gasteiger partial charge in [0.1, 0.15) is 6.04 Å². The van der Waals surface area contributed by atoms with E-state index < -0.39 is 16.1 Å². The Bertz CT molecular complexity index is 1040. The van der Waals surface area contributed by atoms with Gasteiger partial charge < -0.3 is 5.32 Å². The van der Waals surface area contributed by atoms with Crippen molar-refractivity contribution < 1.29 is 13.2 Å². The van der Waals surface area contributed by atoms with E-state index in [2.05, 4.69) is 22.3 Å². The Hall–Kier alpha value is -1.93. The van der Waals surface area contributed by atoms with Crippen LogP contribution < -0.4 is 5.32 Å². The molecule has 0 radical (unpaired) electrons. The van der Waals surface area contributed by atoms with E-state index in [4.69, 9.17) is 11.6 Å². The molecule has 2 aliphatic rings. The van der Waals surface area contributed by atoms with Crippen LogP contribution in [0.1, 0.15) is 43.2 Å². The van der Waals surface area contributed by atoms with Crippen molar-refractivity contribution in [3.05, 3.63) is 64.7 Å². The van der Waals surface area contributed by atoms with Crippen LogP contribution >= 0.6 is 11.6 Å². The molecule has 32 heavy (non-hydrogen) atoms. The first-order valence-corrected chi connectivity index (χ1v) is 13.1. The fourth-order valence-electron chi connectivity index (χ4n) is 4.55. The van der Waals surface area contributed by atoms with Crippen molar-refractivity contribution in [3.8, 4) is 0 Å². The Morgan fingerprint density at radius 1 is 0.969 bits per heavy atom. The van der Waals surface area contributed by atoms with Crippen LogP contribution in [-0.2, 0) is 27.9 Å². The number of carbonyl (C=O) groups excluding carboxylic acids is 1. The van der Waals surface area contributed by atoms with Crippen molar-refractivity contribution in [2.24, 2.45) is 0 Å². The summed E-state index contributed by atoms with van der Waals surface area (Å²) in [7, 11) is -3.75. The topological polar surface area (TPSA) is 69.7 Å². The minimum atomic E-state index is -3.75. The van der Waals surface area contributed by atoms with Crippen molar-refractivity contribution in [1.82, 2.24) is 14.5 Å². The van der Waals surface area contributed by atoms with Crippen molar-refractivity contribution in [3.63, 3.8) is 0 Å². The van der Waals surface area contributed by atoms with Gasteiger partial charge in [-0.3, -0.25) is 9.69 Å². The molecule has 4 rings (SSSR count). The quantitative estimate of drug-likeness (QED) is 0.661. The van der Waals surface area contributed by atoms with E-state index in [0.29, 0.717) is 31.0 Å². The molecule has 1 N–H and O–H groups in total. The fraction of sp³-hybridized carbons (Fsp3) is 0.458. The molecular weight excluding hydrogens is 446 g/mol. The van der Waals surface area contributed by atoms with Crippen LogP contribution in [0.5, 0.6) is 0 Å².